The lowest BCUT2D eigenvalue weighted by Gasteiger charge is -2.18. The summed E-state index contributed by atoms with van der Waals surface area (Å²) in [4.78, 5) is 26.4. The Kier molecular flexibility index (Phi) is 5.64. The molecule has 2 aromatic carbocycles. The number of aromatic nitrogens is 1. The number of aromatic amines is 1. The highest BCUT2D eigenvalue weighted by molar-refractivity contribution is 5.88. The van der Waals surface area contributed by atoms with Crippen LogP contribution in [-0.2, 0) is 11.2 Å². The van der Waals surface area contributed by atoms with E-state index in [2.05, 4.69) is 34.0 Å². The maximum atomic E-state index is 12.1. The minimum atomic E-state index is -0.621. The minimum Gasteiger partial charge on any atom is -0.465 e. The molecular weight excluding hydrogens is 326 g/mol. The van der Waals surface area contributed by atoms with Gasteiger partial charge in [0.25, 0.3) is 5.56 Å². The van der Waals surface area contributed by atoms with E-state index in [9.17, 15) is 9.59 Å². The van der Waals surface area contributed by atoms with Gasteiger partial charge >= 0.3 is 5.97 Å². The van der Waals surface area contributed by atoms with Crippen molar-refractivity contribution in [3.8, 4) is 0 Å². The molecule has 0 aliphatic heterocycles. The number of esters is 1. The molecule has 0 saturated carbocycles. The highest BCUT2D eigenvalue weighted by Gasteiger charge is 2.15. The molecule has 3 rings (SSSR count). The molecule has 4 heteroatoms. The molecule has 1 aromatic heterocycles. The van der Waals surface area contributed by atoms with Crippen molar-refractivity contribution in [2.45, 2.75) is 18.8 Å². The first-order valence-electron chi connectivity index (χ1n) is 8.59. The monoisotopic (exact) mass is 347 g/mol. The highest BCUT2D eigenvalue weighted by Crippen LogP contribution is 2.28. The molecule has 0 aliphatic rings. The highest BCUT2D eigenvalue weighted by atomic mass is 16.5. The summed E-state index contributed by atoms with van der Waals surface area (Å²) in [7, 11) is 1.26. The number of ether oxygens (including phenoxy) is 1. The average molecular weight is 347 g/mol. The Morgan fingerprint density at radius 1 is 0.923 bits per heavy atom. The third kappa shape index (κ3) is 4.09. The molecule has 4 nitrogen and oxygen atoms in total. The molecule has 26 heavy (non-hydrogen) atoms. The van der Waals surface area contributed by atoms with Gasteiger partial charge in [0.2, 0.25) is 0 Å². The number of methoxy groups -OCH3 is 1. The molecule has 0 unspecified atom stereocenters. The fourth-order valence-corrected chi connectivity index (χ4v) is 3.13. The van der Waals surface area contributed by atoms with E-state index in [4.69, 9.17) is 0 Å². The van der Waals surface area contributed by atoms with Crippen LogP contribution in [0.2, 0.25) is 0 Å². The molecule has 0 fully saturated rings. The molecular formula is C22H21NO3. The second-order valence-corrected chi connectivity index (χ2v) is 6.13. The van der Waals surface area contributed by atoms with Crippen LogP contribution >= 0.6 is 0 Å². The van der Waals surface area contributed by atoms with Gasteiger partial charge in [0.05, 0.1) is 7.11 Å². The van der Waals surface area contributed by atoms with E-state index in [0.29, 0.717) is 6.42 Å². The van der Waals surface area contributed by atoms with E-state index in [0.717, 1.165) is 12.1 Å². The molecule has 1 heterocycles. The molecule has 0 bridgehead atoms. The fraction of sp³-hybridized carbons (Fsp3) is 0.182. The summed E-state index contributed by atoms with van der Waals surface area (Å²) in [5, 5.41) is 0. The van der Waals surface area contributed by atoms with Crippen LogP contribution in [0.3, 0.4) is 0 Å². The summed E-state index contributed by atoms with van der Waals surface area (Å²) in [5.41, 5.74) is 2.91. The Balaban J connectivity index is 1.82. The molecule has 0 spiro atoms. The second-order valence-electron chi connectivity index (χ2n) is 6.13. The first-order valence-corrected chi connectivity index (χ1v) is 8.59. The molecule has 0 atom stereocenters. The molecule has 132 valence electrons. The van der Waals surface area contributed by atoms with Gasteiger partial charge in [-0.15, -0.1) is 0 Å². The second kappa shape index (κ2) is 8.30. The lowest BCUT2D eigenvalue weighted by molar-refractivity contribution is 0.0598. The van der Waals surface area contributed by atoms with Crippen molar-refractivity contribution in [1.29, 1.82) is 0 Å². The van der Waals surface area contributed by atoms with E-state index >= 15 is 0 Å². The fourth-order valence-electron chi connectivity index (χ4n) is 3.13. The number of hydrogen-bond acceptors (Lipinski definition) is 3. The van der Waals surface area contributed by atoms with Gasteiger partial charge in [-0.3, -0.25) is 4.79 Å². The van der Waals surface area contributed by atoms with Crippen LogP contribution in [0.15, 0.2) is 77.6 Å². The van der Waals surface area contributed by atoms with Crippen molar-refractivity contribution in [2.75, 3.05) is 7.11 Å². The first-order chi connectivity index (χ1) is 12.7. The maximum absolute atomic E-state index is 12.1. The van der Waals surface area contributed by atoms with E-state index < -0.39 is 11.5 Å². The smallest absolute Gasteiger partial charge is 0.343 e. The molecule has 0 amide bonds. The Morgan fingerprint density at radius 3 is 2.00 bits per heavy atom. The number of H-pyrrole nitrogens is 1. The van der Waals surface area contributed by atoms with Gasteiger partial charge in [0, 0.05) is 11.6 Å². The average Bonchev–Trinajstić information content (AvgIpc) is 2.69. The van der Waals surface area contributed by atoms with Gasteiger partial charge in [0.1, 0.15) is 5.56 Å². The quantitative estimate of drug-likeness (QED) is 0.688. The molecule has 3 aromatic rings. The molecule has 0 saturated heterocycles. The van der Waals surface area contributed by atoms with Crippen LogP contribution in [0.25, 0.3) is 0 Å². The zero-order valence-corrected chi connectivity index (χ0v) is 14.6. The molecule has 0 radical (unpaired) electrons. The Labute approximate surface area is 152 Å². The van der Waals surface area contributed by atoms with E-state index in [1.54, 1.807) is 6.07 Å². The number of aryl methyl sites for hydroxylation is 1. The van der Waals surface area contributed by atoms with E-state index in [1.807, 2.05) is 36.4 Å². The predicted octanol–water partition coefficient (Wildman–Crippen LogP) is 3.93. The first kappa shape index (κ1) is 17.7. The normalized spacial score (nSPS) is 10.7. The van der Waals surface area contributed by atoms with E-state index in [-0.39, 0.29) is 11.5 Å². The predicted molar refractivity (Wildman–Crippen MR) is 101 cm³/mol. The zero-order chi connectivity index (χ0) is 18.4. The van der Waals surface area contributed by atoms with Gasteiger partial charge in [0.15, 0.2) is 0 Å². The standard InChI is InChI=1S/C22H21NO3/c1-26-22(25)20-15-13-18(23-21(20)24)12-14-19(16-8-4-2-5-9-16)17-10-6-3-7-11-17/h2-11,13,15,19H,12,14H2,1H3,(H,23,24). The summed E-state index contributed by atoms with van der Waals surface area (Å²) in [5.74, 6) is -0.384. The van der Waals surface area contributed by atoms with Gasteiger partial charge in [-0.05, 0) is 36.1 Å². The summed E-state index contributed by atoms with van der Waals surface area (Å²) >= 11 is 0. The number of carbonyl (C=O) groups is 1. The number of benzene rings is 2. The van der Waals surface area contributed by atoms with Crippen LogP contribution < -0.4 is 5.56 Å². The van der Waals surface area contributed by atoms with Crippen LogP contribution in [0.4, 0.5) is 0 Å². The summed E-state index contributed by atoms with van der Waals surface area (Å²) in [6, 6.07) is 24.0. The van der Waals surface area contributed by atoms with Crippen molar-refractivity contribution in [2.24, 2.45) is 0 Å². The van der Waals surface area contributed by atoms with Crippen LogP contribution in [0.5, 0.6) is 0 Å². The lowest BCUT2D eigenvalue weighted by Crippen LogP contribution is -2.20. The van der Waals surface area contributed by atoms with Gasteiger partial charge in [-0.25, -0.2) is 4.79 Å². The Bertz CT molecular complexity index is 877. The van der Waals surface area contributed by atoms with E-state index in [1.165, 1.54) is 24.3 Å². The zero-order valence-electron chi connectivity index (χ0n) is 14.6. The third-order valence-corrected chi connectivity index (χ3v) is 4.48. The topological polar surface area (TPSA) is 59.2 Å². The molecule has 1 N–H and O–H groups in total. The van der Waals surface area contributed by atoms with Crippen LogP contribution in [0.1, 0.15) is 39.5 Å². The van der Waals surface area contributed by atoms with Crippen molar-refractivity contribution in [3.05, 3.63) is 106 Å². The summed E-state index contributed by atoms with van der Waals surface area (Å²) < 4.78 is 4.61. The number of pyridine rings is 1. The van der Waals surface area contributed by atoms with Crippen molar-refractivity contribution >= 4 is 5.97 Å². The number of nitrogens with one attached hydrogen (secondary N) is 1. The van der Waals surface area contributed by atoms with Crippen LogP contribution in [0, 0.1) is 0 Å². The minimum absolute atomic E-state index is 0.0268. The van der Waals surface area contributed by atoms with Crippen molar-refractivity contribution < 1.29 is 9.53 Å². The Morgan fingerprint density at radius 2 is 1.50 bits per heavy atom. The lowest BCUT2D eigenvalue weighted by atomic mass is 9.87. The maximum Gasteiger partial charge on any atom is 0.343 e. The molecule has 0 aliphatic carbocycles. The van der Waals surface area contributed by atoms with Crippen LogP contribution in [-0.4, -0.2) is 18.1 Å². The summed E-state index contributed by atoms with van der Waals surface area (Å²) in [6.45, 7) is 0. The third-order valence-electron chi connectivity index (χ3n) is 4.48. The largest absolute Gasteiger partial charge is 0.465 e. The Hall–Kier alpha value is -3.14. The van der Waals surface area contributed by atoms with Crippen molar-refractivity contribution in [3.63, 3.8) is 0 Å². The number of hydrogen-bond donors (Lipinski definition) is 1. The van der Waals surface area contributed by atoms with Gasteiger partial charge < -0.3 is 9.72 Å². The van der Waals surface area contributed by atoms with Gasteiger partial charge in [-0.2, -0.15) is 0 Å². The summed E-state index contributed by atoms with van der Waals surface area (Å²) in [6.07, 6.45) is 1.55. The van der Waals surface area contributed by atoms with Crippen molar-refractivity contribution in [1.82, 2.24) is 4.98 Å². The van der Waals surface area contributed by atoms with Gasteiger partial charge in [-0.1, -0.05) is 60.7 Å². The SMILES string of the molecule is COC(=O)c1ccc(CCC(c2ccccc2)c2ccccc2)[nH]c1=O. The number of rotatable bonds is 6. The number of carbonyl (C=O) groups excluding carboxylic acids is 1.